The van der Waals surface area contributed by atoms with Crippen LogP contribution in [0.5, 0.6) is 0 Å². The first kappa shape index (κ1) is 11.1. The Kier molecular flexibility index (Phi) is 2.82. The Hall–Kier alpha value is 0.0249. The summed E-state index contributed by atoms with van der Waals surface area (Å²) >= 11 is 0. The zero-order valence-electron chi connectivity index (χ0n) is 10.4. The second-order valence-electron chi connectivity index (χ2n) is 6.64. The van der Waals surface area contributed by atoms with Gasteiger partial charge in [0.1, 0.15) is 0 Å². The van der Waals surface area contributed by atoms with Crippen molar-refractivity contribution in [2.75, 3.05) is 0 Å². The molecule has 0 aromatic carbocycles. The lowest BCUT2D eigenvalue weighted by atomic mass is 9.63. The molecule has 88 valence electrons. The highest BCUT2D eigenvalue weighted by molar-refractivity contribution is 6.15. The van der Waals surface area contributed by atoms with E-state index in [1.807, 2.05) is 0 Å². The molecule has 0 aromatic rings. The third kappa shape index (κ3) is 2.32. The molecule has 16 heavy (non-hydrogen) atoms. The minimum Gasteiger partial charge on any atom is -0.317 e. The molecule has 0 saturated heterocycles. The average Bonchev–Trinajstić information content (AvgIpc) is 3.05. The molecule has 0 unspecified atom stereocenters. The Balaban J connectivity index is 1.52. The minimum absolute atomic E-state index is 0.0180. The number of hydrogen-bond donors (Lipinski definition) is 1. The van der Waals surface area contributed by atoms with E-state index >= 15 is 0 Å². The van der Waals surface area contributed by atoms with Gasteiger partial charge in [0.25, 0.3) is 0 Å². The first-order valence-electron chi connectivity index (χ1n) is 7.27. The van der Waals surface area contributed by atoms with Gasteiger partial charge in [-0.25, -0.2) is 0 Å². The van der Waals surface area contributed by atoms with Gasteiger partial charge in [-0.2, -0.15) is 0 Å². The maximum absolute atomic E-state index is 6.53. The van der Waals surface area contributed by atoms with Crippen LogP contribution in [0.3, 0.4) is 0 Å². The minimum atomic E-state index is -0.0180. The Bertz CT molecular complexity index is 243. The summed E-state index contributed by atoms with van der Waals surface area (Å²) in [6.45, 7) is 0. The van der Waals surface area contributed by atoms with Crippen molar-refractivity contribution in [1.82, 2.24) is 5.32 Å². The van der Waals surface area contributed by atoms with Crippen molar-refractivity contribution < 1.29 is 0 Å². The van der Waals surface area contributed by atoms with E-state index in [-0.39, 0.29) is 5.44 Å². The van der Waals surface area contributed by atoms with Gasteiger partial charge in [0.05, 0.1) is 7.85 Å². The lowest BCUT2D eigenvalue weighted by Gasteiger charge is -2.42. The lowest BCUT2D eigenvalue weighted by molar-refractivity contribution is 0.211. The first-order chi connectivity index (χ1) is 7.70. The van der Waals surface area contributed by atoms with Gasteiger partial charge in [-0.15, -0.1) is 0 Å². The zero-order valence-corrected chi connectivity index (χ0v) is 10.4. The summed E-state index contributed by atoms with van der Waals surface area (Å²) in [4.78, 5) is 0. The van der Waals surface area contributed by atoms with Gasteiger partial charge in [0, 0.05) is 6.04 Å². The van der Waals surface area contributed by atoms with E-state index < -0.39 is 0 Å². The van der Waals surface area contributed by atoms with Crippen molar-refractivity contribution in [2.45, 2.75) is 82.1 Å². The van der Waals surface area contributed by atoms with Crippen LogP contribution in [0.15, 0.2) is 0 Å². The SMILES string of the molecule is [B]C1(NC2CCCCC2)CCC2(CC2)CC1. The molecule has 0 amide bonds. The third-order valence-electron chi connectivity index (χ3n) is 5.26. The molecule has 3 aliphatic carbocycles. The summed E-state index contributed by atoms with van der Waals surface area (Å²) < 4.78 is 0. The molecule has 0 heterocycles. The molecule has 2 radical (unpaired) electrons. The summed E-state index contributed by atoms with van der Waals surface area (Å²) in [5, 5.41) is 3.78. The summed E-state index contributed by atoms with van der Waals surface area (Å²) in [5.74, 6) is 0. The lowest BCUT2D eigenvalue weighted by Crippen LogP contribution is -2.53. The van der Waals surface area contributed by atoms with Gasteiger partial charge in [-0.3, -0.25) is 0 Å². The van der Waals surface area contributed by atoms with Crippen LogP contribution in [0.1, 0.15) is 70.6 Å². The van der Waals surface area contributed by atoms with Gasteiger partial charge >= 0.3 is 0 Å². The monoisotopic (exact) mass is 217 g/mol. The van der Waals surface area contributed by atoms with Crippen molar-refractivity contribution in [3.05, 3.63) is 0 Å². The van der Waals surface area contributed by atoms with E-state index in [0.717, 1.165) is 5.41 Å². The highest BCUT2D eigenvalue weighted by Gasteiger charge is 2.47. The fraction of sp³-hybridized carbons (Fsp3) is 1.00. The molecule has 0 aliphatic heterocycles. The summed E-state index contributed by atoms with van der Waals surface area (Å²) in [6, 6.07) is 0.715. The summed E-state index contributed by atoms with van der Waals surface area (Å²) in [5.41, 5.74) is 0.743. The van der Waals surface area contributed by atoms with Gasteiger partial charge in [0.2, 0.25) is 0 Å². The normalized spacial score (nSPS) is 32.8. The zero-order chi connectivity index (χ0) is 11.1. The topological polar surface area (TPSA) is 12.0 Å². The molecule has 1 nitrogen and oxygen atoms in total. The number of rotatable bonds is 2. The fourth-order valence-corrected chi connectivity index (χ4v) is 3.70. The molecule has 1 N–H and O–H groups in total. The summed E-state index contributed by atoms with van der Waals surface area (Å²) in [7, 11) is 6.53. The predicted molar refractivity (Wildman–Crippen MR) is 68.6 cm³/mol. The molecule has 3 rings (SSSR count). The fourth-order valence-electron chi connectivity index (χ4n) is 3.70. The van der Waals surface area contributed by atoms with E-state index in [2.05, 4.69) is 5.32 Å². The van der Waals surface area contributed by atoms with Gasteiger partial charge < -0.3 is 5.32 Å². The van der Waals surface area contributed by atoms with Crippen LogP contribution in [0, 0.1) is 5.41 Å². The number of hydrogen-bond acceptors (Lipinski definition) is 1. The highest BCUT2D eigenvalue weighted by Crippen LogP contribution is 2.57. The van der Waals surface area contributed by atoms with Gasteiger partial charge in [0.15, 0.2) is 0 Å². The predicted octanol–water partition coefficient (Wildman–Crippen LogP) is 3.13. The van der Waals surface area contributed by atoms with E-state index in [0.29, 0.717) is 6.04 Å². The second kappa shape index (κ2) is 4.05. The van der Waals surface area contributed by atoms with Crippen molar-refractivity contribution in [3.63, 3.8) is 0 Å². The van der Waals surface area contributed by atoms with Crippen LogP contribution < -0.4 is 5.32 Å². The largest absolute Gasteiger partial charge is 0.317 e. The van der Waals surface area contributed by atoms with Crippen molar-refractivity contribution in [2.24, 2.45) is 5.41 Å². The van der Waals surface area contributed by atoms with Crippen LogP contribution >= 0.6 is 0 Å². The third-order valence-corrected chi connectivity index (χ3v) is 5.26. The van der Waals surface area contributed by atoms with Crippen molar-refractivity contribution >= 4 is 7.85 Å². The standard InChI is InChI=1S/C14H24BN/c15-14(16-12-4-2-1-3-5-12)10-8-13(6-7-13)9-11-14/h12,16H,1-11H2. The quantitative estimate of drug-likeness (QED) is 0.700. The van der Waals surface area contributed by atoms with E-state index in [1.165, 1.54) is 70.6 Å². The first-order valence-corrected chi connectivity index (χ1v) is 7.27. The van der Waals surface area contributed by atoms with Crippen LogP contribution in [-0.2, 0) is 0 Å². The molecule has 0 aromatic heterocycles. The average molecular weight is 217 g/mol. The molecule has 2 heteroatoms. The smallest absolute Gasteiger partial charge is 0.0953 e. The molecule has 3 saturated carbocycles. The summed E-state index contributed by atoms with van der Waals surface area (Å²) in [6.07, 6.45) is 15.1. The maximum Gasteiger partial charge on any atom is 0.0953 e. The number of nitrogens with one attached hydrogen (secondary N) is 1. The maximum atomic E-state index is 6.53. The Morgan fingerprint density at radius 1 is 0.812 bits per heavy atom. The van der Waals surface area contributed by atoms with Crippen molar-refractivity contribution in [3.8, 4) is 0 Å². The molecule has 0 bridgehead atoms. The van der Waals surface area contributed by atoms with Gasteiger partial charge in [-0.05, 0) is 62.2 Å². The van der Waals surface area contributed by atoms with Crippen LogP contribution in [-0.4, -0.2) is 19.3 Å². The highest BCUT2D eigenvalue weighted by atomic mass is 15.0. The Labute approximate surface area is 101 Å². The molecule has 0 atom stereocenters. The molecule has 3 fully saturated rings. The molecule has 3 aliphatic rings. The van der Waals surface area contributed by atoms with E-state index in [9.17, 15) is 0 Å². The van der Waals surface area contributed by atoms with Crippen LogP contribution in [0.25, 0.3) is 0 Å². The van der Waals surface area contributed by atoms with Crippen molar-refractivity contribution in [1.29, 1.82) is 0 Å². The Morgan fingerprint density at radius 2 is 1.38 bits per heavy atom. The van der Waals surface area contributed by atoms with Crippen LogP contribution in [0.2, 0.25) is 0 Å². The Morgan fingerprint density at radius 3 is 1.94 bits per heavy atom. The van der Waals surface area contributed by atoms with Crippen LogP contribution in [0.4, 0.5) is 0 Å². The molecule has 1 spiro atoms. The molecular formula is C14H24BN. The molecular weight excluding hydrogens is 193 g/mol. The van der Waals surface area contributed by atoms with Gasteiger partial charge in [-0.1, -0.05) is 19.3 Å². The second-order valence-corrected chi connectivity index (χ2v) is 6.64. The van der Waals surface area contributed by atoms with E-state index in [1.54, 1.807) is 0 Å². The van der Waals surface area contributed by atoms with E-state index in [4.69, 9.17) is 7.85 Å².